The first kappa shape index (κ1) is 24.3. The van der Waals surface area contributed by atoms with Crippen molar-refractivity contribution in [1.82, 2.24) is 4.31 Å². The van der Waals surface area contributed by atoms with Crippen LogP contribution in [0.5, 0.6) is 0 Å². The van der Waals surface area contributed by atoms with Gasteiger partial charge >= 0.3 is 5.97 Å². The lowest BCUT2D eigenvalue weighted by Crippen LogP contribution is -2.36. The largest absolute Gasteiger partial charge is 0.452 e. The molecule has 3 N–H and O–H groups in total. The van der Waals surface area contributed by atoms with Gasteiger partial charge in [0.15, 0.2) is 6.61 Å². The standard InChI is InChI=1S/C21H23Cl2N3O5S/c1-13-5-6-15(11-18(13)32(29,30)26-7-3-2-4-8-26)25-19(27)12-31-21(28)16-9-14(22)10-17(23)20(16)24/h5-6,9-11H,2-4,7-8,12,24H2,1H3,(H,25,27). The first-order valence-corrected chi connectivity index (χ1v) is 12.1. The van der Waals surface area contributed by atoms with Gasteiger partial charge in [0.25, 0.3) is 5.91 Å². The summed E-state index contributed by atoms with van der Waals surface area (Å²) in [5.74, 6) is -1.51. The number of sulfonamides is 1. The maximum atomic E-state index is 13.0. The number of piperidine rings is 1. The average Bonchev–Trinajstić information content (AvgIpc) is 2.76. The molecule has 0 radical (unpaired) electrons. The fourth-order valence-corrected chi connectivity index (χ4v) is 5.62. The summed E-state index contributed by atoms with van der Waals surface area (Å²) in [5.41, 5.74) is 6.55. The number of nitrogens with two attached hydrogens (primary N) is 1. The van der Waals surface area contributed by atoms with Crippen LogP contribution in [-0.2, 0) is 19.6 Å². The normalized spacial score (nSPS) is 14.7. The molecule has 0 bridgehead atoms. The van der Waals surface area contributed by atoms with E-state index in [1.807, 2.05) is 0 Å². The highest BCUT2D eigenvalue weighted by atomic mass is 35.5. The number of hydrogen-bond donors (Lipinski definition) is 2. The first-order chi connectivity index (χ1) is 15.1. The lowest BCUT2D eigenvalue weighted by atomic mass is 10.2. The third-order valence-electron chi connectivity index (χ3n) is 5.05. The van der Waals surface area contributed by atoms with Crippen LogP contribution in [0.15, 0.2) is 35.2 Å². The van der Waals surface area contributed by atoms with Gasteiger partial charge in [-0.25, -0.2) is 13.2 Å². The molecule has 1 aliphatic heterocycles. The number of amides is 1. The minimum atomic E-state index is -3.67. The van der Waals surface area contributed by atoms with Gasteiger partial charge in [-0.05, 0) is 49.6 Å². The number of carbonyl (C=O) groups is 2. The Morgan fingerprint density at radius 2 is 1.81 bits per heavy atom. The van der Waals surface area contributed by atoms with Crippen LogP contribution < -0.4 is 11.1 Å². The van der Waals surface area contributed by atoms with E-state index in [9.17, 15) is 18.0 Å². The van der Waals surface area contributed by atoms with Gasteiger partial charge in [-0.1, -0.05) is 35.7 Å². The molecule has 1 aliphatic rings. The summed E-state index contributed by atoms with van der Waals surface area (Å²) in [5, 5.41) is 2.84. The molecule has 1 amide bonds. The third kappa shape index (κ3) is 5.53. The van der Waals surface area contributed by atoms with E-state index >= 15 is 0 Å². The molecule has 0 aliphatic carbocycles. The fourth-order valence-electron chi connectivity index (χ4n) is 3.36. The predicted molar refractivity (Wildman–Crippen MR) is 124 cm³/mol. The number of nitrogens with one attached hydrogen (secondary N) is 1. The SMILES string of the molecule is Cc1ccc(NC(=O)COC(=O)c2cc(Cl)cc(Cl)c2N)cc1S(=O)(=O)N1CCCCC1. The van der Waals surface area contributed by atoms with Crippen LogP contribution in [0.3, 0.4) is 0 Å². The number of ether oxygens (including phenoxy) is 1. The Morgan fingerprint density at radius 3 is 2.50 bits per heavy atom. The number of nitrogens with zero attached hydrogens (tertiary/aromatic N) is 1. The molecule has 32 heavy (non-hydrogen) atoms. The summed E-state index contributed by atoms with van der Waals surface area (Å²) in [7, 11) is -3.67. The van der Waals surface area contributed by atoms with E-state index in [0.29, 0.717) is 18.7 Å². The van der Waals surface area contributed by atoms with Gasteiger partial charge in [0.2, 0.25) is 10.0 Å². The van der Waals surface area contributed by atoms with E-state index in [-0.39, 0.29) is 31.9 Å². The molecule has 1 saturated heterocycles. The number of hydrogen-bond acceptors (Lipinski definition) is 6. The maximum Gasteiger partial charge on any atom is 0.340 e. The van der Waals surface area contributed by atoms with E-state index in [1.54, 1.807) is 19.1 Å². The smallest absolute Gasteiger partial charge is 0.340 e. The molecule has 0 spiro atoms. The topological polar surface area (TPSA) is 119 Å². The number of halogens is 2. The van der Waals surface area contributed by atoms with Crippen molar-refractivity contribution in [3.8, 4) is 0 Å². The molecule has 0 saturated carbocycles. The van der Waals surface area contributed by atoms with Crippen LogP contribution in [0.25, 0.3) is 0 Å². The molecule has 0 unspecified atom stereocenters. The number of rotatable bonds is 6. The fraction of sp³-hybridized carbons (Fsp3) is 0.333. The van der Waals surface area contributed by atoms with E-state index in [2.05, 4.69) is 5.32 Å². The van der Waals surface area contributed by atoms with E-state index in [4.69, 9.17) is 33.7 Å². The van der Waals surface area contributed by atoms with Gasteiger partial charge in [-0.2, -0.15) is 4.31 Å². The molecule has 0 atom stereocenters. The summed E-state index contributed by atoms with van der Waals surface area (Å²) < 4.78 is 32.5. The monoisotopic (exact) mass is 499 g/mol. The van der Waals surface area contributed by atoms with E-state index in [0.717, 1.165) is 19.3 Å². The summed E-state index contributed by atoms with van der Waals surface area (Å²) in [6, 6.07) is 7.29. The van der Waals surface area contributed by atoms with Gasteiger partial charge in [0.05, 0.1) is 21.2 Å². The Labute approximate surface area is 196 Å². The van der Waals surface area contributed by atoms with Gasteiger partial charge in [-0.15, -0.1) is 0 Å². The van der Waals surface area contributed by atoms with Crippen LogP contribution in [0.1, 0.15) is 35.2 Å². The molecule has 0 aromatic heterocycles. The Kier molecular flexibility index (Phi) is 7.66. The van der Waals surface area contributed by atoms with Crippen LogP contribution >= 0.6 is 23.2 Å². The zero-order valence-corrected chi connectivity index (χ0v) is 19.7. The van der Waals surface area contributed by atoms with Crippen molar-refractivity contribution in [2.45, 2.75) is 31.1 Å². The van der Waals surface area contributed by atoms with Gasteiger partial charge < -0.3 is 15.8 Å². The minimum Gasteiger partial charge on any atom is -0.452 e. The van der Waals surface area contributed by atoms with E-state index in [1.165, 1.54) is 22.5 Å². The third-order valence-corrected chi connectivity index (χ3v) is 7.62. The number of anilines is 2. The predicted octanol–water partition coefficient (Wildman–Crippen LogP) is 3.85. The van der Waals surface area contributed by atoms with Crippen molar-refractivity contribution in [2.75, 3.05) is 30.7 Å². The van der Waals surface area contributed by atoms with Crippen molar-refractivity contribution in [3.63, 3.8) is 0 Å². The second-order valence-corrected chi connectivity index (χ2v) is 10.2. The van der Waals surface area contributed by atoms with Crippen LogP contribution in [-0.4, -0.2) is 44.3 Å². The van der Waals surface area contributed by atoms with Gasteiger partial charge in [-0.3, -0.25) is 4.79 Å². The number of nitrogen functional groups attached to an aromatic ring is 1. The van der Waals surface area contributed by atoms with E-state index < -0.39 is 28.5 Å². The zero-order valence-electron chi connectivity index (χ0n) is 17.4. The average molecular weight is 500 g/mol. The van der Waals surface area contributed by atoms with Crippen LogP contribution in [0.2, 0.25) is 10.0 Å². The lowest BCUT2D eigenvalue weighted by molar-refractivity contribution is -0.119. The maximum absolute atomic E-state index is 13.0. The number of esters is 1. The molecular weight excluding hydrogens is 477 g/mol. The van der Waals surface area contributed by atoms with Crippen molar-refractivity contribution in [2.24, 2.45) is 0 Å². The number of carbonyl (C=O) groups excluding carboxylic acids is 2. The molecule has 3 rings (SSSR count). The molecule has 1 heterocycles. The van der Waals surface area contributed by atoms with Crippen molar-refractivity contribution in [1.29, 1.82) is 0 Å². The lowest BCUT2D eigenvalue weighted by Gasteiger charge is -2.26. The van der Waals surface area contributed by atoms with Gasteiger partial charge in [0, 0.05) is 23.8 Å². The summed E-state index contributed by atoms with van der Waals surface area (Å²) >= 11 is 11.8. The Hall–Kier alpha value is -2.33. The molecule has 1 fully saturated rings. The highest BCUT2D eigenvalue weighted by Crippen LogP contribution is 2.28. The Bertz CT molecular complexity index is 1150. The second-order valence-electron chi connectivity index (χ2n) is 7.42. The first-order valence-electron chi connectivity index (χ1n) is 9.92. The summed E-state index contributed by atoms with van der Waals surface area (Å²) in [6.45, 7) is 2.05. The summed E-state index contributed by atoms with van der Waals surface area (Å²) in [6.07, 6.45) is 2.65. The van der Waals surface area contributed by atoms with Crippen LogP contribution in [0, 0.1) is 6.92 Å². The molecule has 172 valence electrons. The zero-order chi connectivity index (χ0) is 23.5. The number of aryl methyl sites for hydroxylation is 1. The highest BCUT2D eigenvalue weighted by Gasteiger charge is 2.27. The molecule has 2 aromatic carbocycles. The molecule has 8 nitrogen and oxygen atoms in total. The number of benzene rings is 2. The van der Waals surface area contributed by atoms with Gasteiger partial charge in [0.1, 0.15) is 0 Å². The Balaban J connectivity index is 1.68. The second kappa shape index (κ2) is 10.1. The van der Waals surface area contributed by atoms with Crippen molar-refractivity contribution in [3.05, 3.63) is 51.5 Å². The summed E-state index contributed by atoms with van der Waals surface area (Å²) in [4.78, 5) is 24.7. The molecule has 2 aromatic rings. The molecule has 11 heteroatoms. The minimum absolute atomic E-state index is 0.00688. The quantitative estimate of drug-likeness (QED) is 0.460. The highest BCUT2D eigenvalue weighted by molar-refractivity contribution is 7.89. The van der Waals surface area contributed by atoms with Crippen molar-refractivity contribution < 1.29 is 22.7 Å². The van der Waals surface area contributed by atoms with Crippen LogP contribution in [0.4, 0.5) is 11.4 Å². The molecular formula is C21H23Cl2N3O5S. The Morgan fingerprint density at radius 1 is 1.12 bits per heavy atom. The van der Waals surface area contributed by atoms with Crippen molar-refractivity contribution >= 4 is 56.5 Å².